The molecule has 0 aliphatic carbocycles. The molecule has 0 saturated carbocycles. The van der Waals surface area contributed by atoms with Crippen molar-refractivity contribution < 1.29 is 18.0 Å². The first-order chi connectivity index (χ1) is 17.7. The highest BCUT2D eigenvalue weighted by Gasteiger charge is 2.32. The molecule has 7 nitrogen and oxygen atoms in total. The van der Waals surface area contributed by atoms with Gasteiger partial charge in [0.2, 0.25) is 21.8 Å². The quantitative estimate of drug-likeness (QED) is 0.351. The normalized spacial score (nSPS) is 12.2. The average molecular weight is 524 g/mol. The Balaban J connectivity index is 1.98. The molecule has 1 N–H and O–H groups in total. The third kappa shape index (κ3) is 7.32. The van der Waals surface area contributed by atoms with Crippen LogP contribution in [0.2, 0.25) is 0 Å². The maximum Gasteiger partial charge on any atom is 0.244 e. The zero-order valence-corrected chi connectivity index (χ0v) is 22.9. The van der Waals surface area contributed by atoms with Crippen molar-refractivity contribution in [1.29, 1.82) is 0 Å². The molecule has 3 rings (SSSR count). The Morgan fingerprint density at radius 3 is 2.27 bits per heavy atom. The minimum absolute atomic E-state index is 0.200. The fourth-order valence-corrected chi connectivity index (χ4v) is 5.20. The van der Waals surface area contributed by atoms with Gasteiger partial charge in [-0.25, -0.2) is 8.42 Å². The van der Waals surface area contributed by atoms with E-state index in [1.807, 2.05) is 75.4 Å². The molecule has 3 aromatic carbocycles. The Labute approximate surface area is 220 Å². The van der Waals surface area contributed by atoms with Crippen molar-refractivity contribution in [1.82, 2.24) is 10.2 Å². The fourth-order valence-electron chi connectivity index (χ4n) is 4.34. The summed E-state index contributed by atoms with van der Waals surface area (Å²) in [6.45, 7) is 6.21. The lowest BCUT2D eigenvalue weighted by Crippen LogP contribution is -2.52. The van der Waals surface area contributed by atoms with E-state index in [9.17, 15) is 18.0 Å². The van der Waals surface area contributed by atoms with Crippen LogP contribution < -0.4 is 9.62 Å². The van der Waals surface area contributed by atoms with Crippen molar-refractivity contribution >= 4 is 38.3 Å². The molecule has 0 aliphatic rings. The van der Waals surface area contributed by atoms with Gasteiger partial charge in [-0.2, -0.15) is 0 Å². The second kappa shape index (κ2) is 12.7. The summed E-state index contributed by atoms with van der Waals surface area (Å²) in [6, 6.07) is 19.9. The van der Waals surface area contributed by atoms with Gasteiger partial charge in [0.05, 0.1) is 11.9 Å². The van der Waals surface area contributed by atoms with Crippen molar-refractivity contribution in [2.45, 2.75) is 52.6 Å². The number of hydrogen-bond acceptors (Lipinski definition) is 4. The van der Waals surface area contributed by atoms with Crippen molar-refractivity contribution in [2.75, 3.05) is 23.7 Å². The Kier molecular flexibility index (Phi) is 9.69. The number of sulfonamides is 1. The second-order valence-corrected chi connectivity index (χ2v) is 11.3. The Bertz CT molecular complexity index is 1320. The molecule has 0 spiro atoms. The van der Waals surface area contributed by atoms with Gasteiger partial charge >= 0.3 is 0 Å². The molecule has 0 aliphatic heterocycles. The summed E-state index contributed by atoms with van der Waals surface area (Å²) < 4.78 is 27.0. The van der Waals surface area contributed by atoms with Crippen molar-refractivity contribution in [3.8, 4) is 0 Å². The van der Waals surface area contributed by atoms with Crippen LogP contribution in [0.15, 0.2) is 66.7 Å². The summed E-state index contributed by atoms with van der Waals surface area (Å²) in [6.07, 6.45) is 3.29. The van der Waals surface area contributed by atoms with E-state index in [4.69, 9.17) is 0 Å². The highest BCUT2D eigenvalue weighted by molar-refractivity contribution is 7.92. The maximum absolute atomic E-state index is 13.9. The van der Waals surface area contributed by atoms with Gasteiger partial charge in [-0.15, -0.1) is 0 Å². The third-order valence-electron chi connectivity index (χ3n) is 6.40. The van der Waals surface area contributed by atoms with Crippen LogP contribution >= 0.6 is 0 Å². The molecule has 0 unspecified atom stereocenters. The van der Waals surface area contributed by atoms with Gasteiger partial charge in [-0.1, -0.05) is 86.5 Å². The standard InChI is InChI=1S/C29H37N3O4S/c1-5-7-19-30-29(34)26(6-2)31(20-23-17-15-22(3)16-18-23)28(33)21-32(37(4,35)36)27-14-10-12-24-11-8-9-13-25(24)27/h8-18,26H,5-7,19-21H2,1-4H3,(H,30,34)/t26-/m1/s1. The van der Waals surface area contributed by atoms with E-state index in [-0.39, 0.29) is 12.5 Å². The van der Waals surface area contributed by atoms with Gasteiger partial charge in [0, 0.05) is 18.5 Å². The van der Waals surface area contributed by atoms with E-state index in [0.29, 0.717) is 18.7 Å². The van der Waals surface area contributed by atoms with Crippen LogP contribution in [-0.2, 0) is 26.2 Å². The fraction of sp³-hybridized carbons (Fsp3) is 0.379. The highest BCUT2D eigenvalue weighted by Crippen LogP contribution is 2.28. The van der Waals surface area contributed by atoms with Gasteiger partial charge in [-0.05, 0) is 36.8 Å². The third-order valence-corrected chi connectivity index (χ3v) is 7.53. The lowest BCUT2D eigenvalue weighted by Gasteiger charge is -2.33. The first-order valence-corrected chi connectivity index (χ1v) is 14.6. The van der Waals surface area contributed by atoms with Gasteiger partial charge in [-0.3, -0.25) is 13.9 Å². The molecule has 8 heteroatoms. The van der Waals surface area contributed by atoms with Crippen LogP contribution in [-0.4, -0.2) is 50.5 Å². The Morgan fingerprint density at radius 1 is 0.946 bits per heavy atom. The zero-order chi connectivity index (χ0) is 27.0. The molecule has 3 aromatic rings. The van der Waals surface area contributed by atoms with E-state index in [2.05, 4.69) is 5.32 Å². The Morgan fingerprint density at radius 2 is 1.62 bits per heavy atom. The molecular formula is C29H37N3O4S. The highest BCUT2D eigenvalue weighted by atomic mass is 32.2. The summed E-state index contributed by atoms with van der Waals surface area (Å²) in [5.74, 6) is -0.663. The minimum atomic E-state index is -3.80. The number of unbranched alkanes of at least 4 members (excludes halogenated alkanes) is 1. The number of carbonyl (C=O) groups excluding carboxylic acids is 2. The number of hydrogen-bond donors (Lipinski definition) is 1. The number of nitrogens with zero attached hydrogens (tertiary/aromatic N) is 2. The number of amides is 2. The van der Waals surface area contributed by atoms with Crippen molar-refractivity contribution in [2.24, 2.45) is 0 Å². The topological polar surface area (TPSA) is 86.8 Å². The van der Waals surface area contributed by atoms with Crippen LogP contribution in [0.3, 0.4) is 0 Å². The molecule has 2 amide bonds. The predicted octanol–water partition coefficient (Wildman–Crippen LogP) is 4.64. The molecule has 0 fully saturated rings. The molecule has 0 bridgehead atoms. The predicted molar refractivity (Wildman–Crippen MR) is 150 cm³/mol. The number of carbonyl (C=O) groups is 2. The van der Waals surface area contributed by atoms with E-state index < -0.39 is 28.5 Å². The first-order valence-electron chi connectivity index (χ1n) is 12.7. The number of benzene rings is 3. The number of rotatable bonds is 12. The summed E-state index contributed by atoms with van der Waals surface area (Å²) in [4.78, 5) is 28.5. The van der Waals surface area contributed by atoms with E-state index >= 15 is 0 Å². The van der Waals surface area contributed by atoms with Crippen LogP contribution in [0.5, 0.6) is 0 Å². The van der Waals surface area contributed by atoms with E-state index in [0.717, 1.165) is 45.3 Å². The van der Waals surface area contributed by atoms with Crippen molar-refractivity contribution in [3.63, 3.8) is 0 Å². The molecule has 1 atom stereocenters. The largest absolute Gasteiger partial charge is 0.354 e. The molecular weight excluding hydrogens is 486 g/mol. The van der Waals surface area contributed by atoms with E-state index in [1.54, 1.807) is 12.1 Å². The van der Waals surface area contributed by atoms with Crippen LogP contribution in [0, 0.1) is 6.92 Å². The van der Waals surface area contributed by atoms with Gasteiger partial charge in [0.15, 0.2) is 0 Å². The smallest absolute Gasteiger partial charge is 0.244 e. The van der Waals surface area contributed by atoms with Crippen LogP contribution in [0.25, 0.3) is 10.8 Å². The summed E-state index contributed by atoms with van der Waals surface area (Å²) in [7, 11) is -3.80. The van der Waals surface area contributed by atoms with E-state index in [1.165, 1.54) is 4.90 Å². The van der Waals surface area contributed by atoms with Crippen molar-refractivity contribution in [3.05, 3.63) is 77.9 Å². The molecule has 0 saturated heterocycles. The number of anilines is 1. The first kappa shape index (κ1) is 28.2. The second-order valence-electron chi connectivity index (χ2n) is 9.34. The average Bonchev–Trinajstić information content (AvgIpc) is 2.87. The molecule has 0 radical (unpaired) electrons. The number of fused-ring (bicyclic) bond motifs is 1. The van der Waals surface area contributed by atoms with Crippen LogP contribution in [0.1, 0.15) is 44.2 Å². The lowest BCUT2D eigenvalue weighted by molar-refractivity contribution is -0.140. The lowest BCUT2D eigenvalue weighted by atomic mass is 10.1. The van der Waals surface area contributed by atoms with Gasteiger partial charge < -0.3 is 10.2 Å². The molecule has 0 aromatic heterocycles. The summed E-state index contributed by atoms with van der Waals surface area (Å²) in [5.41, 5.74) is 2.39. The summed E-state index contributed by atoms with van der Waals surface area (Å²) in [5, 5.41) is 4.55. The van der Waals surface area contributed by atoms with Gasteiger partial charge in [0.25, 0.3) is 0 Å². The SMILES string of the molecule is CCCCNC(=O)[C@@H](CC)N(Cc1ccc(C)cc1)C(=O)CN(c1cccc2ccccc12)S(C)(=O)=O. The number of nitrogens with one attached hydrogen (secondary N) is 1. The maximum atomic E-state index is 13.9. The van der Waals surface area contributed by atoms with Crippen LogP contribution in [0.4, 0.5) is 5.69 Å². The summed E-state index contributed by atoms with van der Waals surface area (Å²) >= 11 is 0. The Hall–Kier alpha value is -3.39. The minimum Gasteiger partial charge on any atom is -0.354 e. The molecule has 37 heavy (non-hydrogen) atoms. The molecule has 0 heterocycles. The zero-order valence-electron chi connectivity index (χ0n) is 22.1. The number of aryl methyl sites for hydroxylation is 1. The van der Waals surface area contributed by atoms with Gasteiger partial charge in [0.1, 0.15) is 12.6 Å². The monoisotopic (exact) mass is 523 g/mol. The molecule has 198 valence electrons.